The third kappa shape index (κ3) is 67.4. The van der Waals surface area contributed by atoms with E-state index >= 15 is 0 Å². The molecule has 2 rings (SSSR count). The second-order valence-corrected chi connectivity index (χ2v) is 14.3. The van der Waals surface area contributed by atoms with Gasteiger partial charge >= 0.3 is 53.3 Å². The molecular formula is C46H106N5O4Yb+. The van der Waals surface area contributed by atoms with Crippen LogP contribution in [0.2, 0.25) is 0 Å². The number of aromatic nitrogens is 1. The zero-order valence-electron chi connectivity index (χ0n) is 31.3. The Morgan fingerprint density at radius 2 is 1.12 bits per heavy atom. The second kappa shape index (κ2) is 44.8. The van der Waals surface area contributed by atoms with E-state index in [9.17, 15) is 20.8 Å². The summed E-state index contributed by atoms with van der Waals surface area (Å²) in [6, 6.07) is 3.72. The summed E-state index contributed by atoms with van der Waals surface area (Å²) in [4.78, 5) is 0. The van der Waals surface area contributed by atoms with Gasteiger partial charge in [-0.3, -0.25) is 0 Å². The number of hydrogen-bond donors (Lipinski definition) is 0. The fourth-order valence-electron chi connectivity index (χ4n) is 4.53. The van der Waals surface area contributed by atoms with Crippen molar-refractivity contribution in [1.29, 1.82) is 0 Å². The normalized spacial score (nSPS) is 10.2. The van der Waals surface area contributed by atoms with Crippen molar-refractivity contribution >= 4 is 12.6 Å². The third-order valence-corrected chi connectivity index (χ3v) is 5.09. The largest absolute Gasteiger partial charge is 2.00 e. The summed E-state index contributed by atoms with van der Waals surface area (Å²) in [7, 11) is 4.91. The zero-order valence-corrected chi connectivity index (χ0v) is 33.0. The van der Waals surface area contributed by atoms with E-state index in [0.29, 0.717) is 26.2 Å². The number of pyridine rings is 1. The molecule has 0 saturated heterocycles. The number of quaternary nitrogens is 2. The van der Waals surface area contributed by atoms with Crippen LogP contribution in [0.1, 0.15) is 148 Å². The molecule has 0 radical (unpaired) electrons. The van der Waals surface area contributed by atoms with Crippen molar-refractivity contribution in [2.24, 2.45) is 10.8 Å². The first kappa shape index (κ1) is 95.2. The molecule has 352 valence electrons. The maximum absolute atomic E-state index is 12.0. The fourth-order valence-corrected chi connectivity index (χ4v) is 4.53. The predicted octanol–water partition coefficient (Wildman–Crippen LogP) is 13.1. The first-order valence-corrected chi connectivity index (χ1v) is 15.4. The molecule has 0 bridgehead atoms. The Labute approximate surface area is 395 Å². The molecule has 10 heteroatoms. The van der Waals surface area contributed by atoms with Crippen molar-refractivity contribution in [3.8, 4) is 0 Å². The van der Waals surface area contributed by atoms with Gasteiger partial charge in [0.25, 0.3) is 0 Å². The molecular weight excluding hydrogens is 860 g/mol. The molecule has 1 aliphatic heterocycles. The van der Waals surface area contributed by atoms with Gasteiger partial charge < -0.3 is 44.0 Å². The van der Waals surface area contributed by atoms with Crippen LogP contribution in [0.15, 0.2) is 54.8 Å². The van der Waals surface area contributed by atoms with Gasteiger partial charge in [0, 0.05) is 19.1 Å². The van der Waals surface area contributed by atoms with Gasteiger partial charge in [-0.15, -0.1) is 15.6 Å². The van der Waals surface area contributed by atoms with E-state index in [1.54, 1.807) is 34.3 Å². The molecule has 1 aromatic heterocycles. The second-order valence-electron chi connectivity index (χ2n) is 14.3. The summed E-state index contributed by atoms with van der Waals surface area (Å²) in [6.45, 7) is 41.7. The number of allylic oxidation sites excluding steroid dienone is 1. The van der Waals surface area contributed by atoms with Crippen LogP contribution in [0.5, 0.6) is 0 Å². The van der Waals surface area contributed by atoms with Gasteiger partial charge in [0.1, 0.15) is 0 Å². The van der Waals surface area contributed by atoms with E-state index in [-0.39, 0.29) is 141 Å². The van der Waals surface area contributed by atoms with E-state index in [1.807, 2.05) is 79.0 Å². The summed E-state index contributed by atoms with van der Waals surface area (Å²) >= 11 is 0. The quantitative estimate of drug-likeness (QED) is 0.0582. The number of rotatable bonds is 10. The molecule has 0 spiro atoms. The van der Waals surface area contributed by atoms with Crippen LogP contribution in [-0.4, -0.2) is 85.0 Å². The van der Waals surface area contributed by atoms with Gasteiger partial charge in [0.05, 0.1) is 40.8 Å². The molecule has 9 nitrogen and oxygen atoms in total. The molecule has 0 atom stereocenters. The fraction of sp³-hybridized carbons (Fsp3) is 0.674. The van der Waals surface area contributed by atoms with Crippen LogP contribution in [0.4, 0.5) is 0 Å². The average molecular weight is 966 g/mol. The smallest absolute Gasteiger partial charge is 0.633 e. The minimum absolute atomic E-state index is 0. The Morgan fingerprint density at radius 1 is 0.750 bits per heavy atom. The summed E-state index contributed by atoms with van der Waals surface area (Å²) in [5.41, 5.74) is 4.66. The van der Waals surface area contributed by atoms with Crippen molar-refractivity contribution in [2.45, 2.75) is 150 Å². The number of hydrogen-bond acceptors (Lipinski definition) is 4. The van der Waals surface area contributed by atoms with Crippen molar-refractivity contribution in [1.82, 2.24) is 0 Å². The van der Waals surface area contributed by atoms with Gasteiger partial charge in [-0.1, -0.05) is 141 Å². The van der Waals surface area contributed by atoms with Crippen molar-refractivity contribution in [3.05, 3.63) is 101 Å². The van der Waals surface area contributed by atoms with Gasteiger partial charge in [-0.2, -0.15) is 9.31 Å². The maximum atomic E-state index is 12.0. The van der Waals surface area contributed by atoms with Crippen LogP contribution in [0.3, 0.4) is 0 Å². The minimum atomic E-state index is -0.269. The molecule has 0 amide bonds. The number of aryl methyl sites for hydroxylation is 1. The Hall–Kier alpha value is -1.33. The van der Waals surface area contributed by atoms with Crippen LogP contribution in [0, 0.1) is 99.4 Å². The standard InChI is InChI=1S/C11H23NO.C10H13NO.C7H11N2O.C6H13NO.C2H6.10CH4.Yb/c1-10(2,3)8-12(7,13)9-11(4,5)6;1-8(2)6-10-4-5-11(12)9(3)7-10;1-7(2)5-8-3-4-9(10)6-8;1-6(2)5-7(3,4)8;1-2;;;;;;;;;;;/h1,4,8-9H2,2-3,5-7H3;4-5,7H,1,6H2,2-3H3;4,6H,1,3,5H2,2H3;1,5H2,2-4H3;1-2H3;10*1H4;/q-2;;+1;;;;;;;;;;;;;+2. The molecule has 0 fully saturated rings. The van der Waals surface area contributed by atoms with Crippen LogP contribution >= 0.6 is 0 Å². The predicted molar refractivity (Wildman–Crippen MR) is 261 cm³/mol. The molecule has 0 saturated carbocycles. The first-order chi connectivity index (χ1) is 20.1. The Balaban J connectivity index is -0.0000000327. The van der Waals surface area contributed by atoms with Gasteiger partial charge in [0.15, 0.2) is 18.4 Å². The van der Waals surface area contributed by atoms with Gasteiger partial charge in [-0.25, -0.2) is 0 Å². The Morgan fingerprint density at radius 3 is 1.34 bits per heavy atom. The van der Waals surface area contributed by atoms with Crippen LogP contribution < -0.4 is 4.73 Å². The molecule has 0 unspecified atom stereocenters. The molecule has 1 aliphatic rings. The number of nitrogens with zero attached hydrogens (tertiary/aromatic N) is 5. The van der Waals surface area contributed by atoms with Crippen LogP contribution in [0.25, 0.3) is 0 Å². The first-order valence-electron chi connectivity index (χ1n) is 15.4. The molecule has 0 aromatic carbocycles. The van der Waals surface area contributed by atoms with Crippen molar-refractivity contribution < 1.29 is 70.3 Å². The molecule has 56 heavy (non-hydrogen) atoms. The van der Waals surface area contributed by atoms with E-state index in [1.165, 1.54) is 12.5 Å². The molecule has 2 heterocycles. The van der Waals surface area contributed by atoms with Crippen molar-refractivity contribution in [2.75, 3.05) is 53.9 Å². The summed E-state index contributed by atoms with van der Waals surface area (Å²) in [6.07, 6.45) is 5.51. The van der Waals surface area contributed by atoms with Gasteiger partial charge in [-0.05, 0) is 43.9 Å². The van der Waals surface area contributed by atoms with E-state index in [0.717, 1.165) is 50.4 Å². The summed E-state index contributed by atoms with van der Waals surface area (Å²) < 4.78 is 3.07. The minimum Gasteiger partial charge on any atom is -0.633 e. The summed E-state index contributed by atoms with van der Waals surface area (Å²) in [5, 5.41) is 44.3. The zero-order chi connectivity index (χ0) is 36.4. The Bertz CT molecular complexity index is 1110. The van der Waals surface area contributed by atoms with Gasteiger partial charge in [0.2, 0.25) is 12.8 Å². The summed E-state index contributed by atoms with van der Waals surface area (Å²) in [5.74, 6) is 0. The van der Waals surface area contributed by atoms with E-state index in [2.05, 4.69) is 33.6 Å². The van der Waals surface area contributed by atoms with E-state index in [4.69, 9.17) is 0 Å². The van der Waals surface area contributed by atoms with E-state index < -0.39 is 0 Å². The SMILES string of the molecule is C.C.C.C.C.C.C.C.C.C.C=C(C)C[N+](C)(C)[O-].C=C(C)C[N+]1=C[N+]([O-])=CC1.C=C(C)Cc1cc[n+]([O-])c(C)c1.CC.[CH2-]C(C)(C)C[N+](C)([O-])CC([CH2-])(C)C.[Yb+2]. The molecule has 1 aromatic rings. The van der Waals surface area contributed by atoms with Crippen LogP contribution in [-0.2, 0) is 6.42 Å². The number of likely N-dealkylation sites (N-methyl/N-ethyl adjacent to an activating group) is 1. The average Bonchev–Trinajstić information content (AvgIpc) is 3.17. The topological polar surface area (TPSA) is 102 Å². The monoisotopic (exact) mass is 967 g/mol. The molecule has 0 aliphatic carbocycles. The Kier molecular flexibility index (Phi) is 76.1. The molecule has 0 N–H and O–H groups in total. The maximum Gasteiger partial charge on any atom is 2.00 e. The van der Waals surface area contributed by atoms with Crippen molar-refractivity contribution in [3.63, 3.8) is 0 Å². The number of hydroxylamine groups is 7. The third-order valence-electron chi connectivity index (χ3n) is 5.09.